The molecule has 5 rings (SSSR count). The summed E-state index contributed by atoms with van der Waals surface area (Å²) in [5.74, 6) is 0.316. The number of aromatic nitrogens is 4. The van der Waals surface area contributed by atoms with E-state index in [9.17, 15) is 14.9 Å². The van der Waals surface area contributed by atoms with Gasteiger partial charge in [0, 0.05) is 23.4 Å². The molecule has 1 fully saturated rings. The number of nitro groups is 1. The van der Waals surface area contributed by atoms with Gasteiger partial charge in [-0.25, -0.2) is 9.36 Å². The van der Waals surface area contributed by atoms with E-state index in [2.05, 4.69) is 16.3 Å². The lowest BCUT2D eigenvalue weighted by Crippen LogP contribution is -2.26. The molecular weight excluding hydrogens is 394 g/mol. The average molecular weight is 415 g/mol. The number of aryl methyl sites for hydroxylation is 2. The Bertz CT molecular complexity index is 1400. The van der Waals surface area contributed by atoms with Crippen LogP contribution in [0.3, 0.4) is 0 Å². The van der Waals surface area contributed by atoms with Crippen molar-refractivity contribution in [2.45, 2.75) is 39.2 Å². The lowest BCUT2D eigenvalue weighted by Gasteiger charge is -2.11. The third kappa shape index (κ3) is 3.39. The zero-order valence-electron chi connectivity index (χ0n) is 17.3. The van der Waals surface area contributed by atoms with Gasteiger partial charge in [-0.05, 0) is 43.9 Å². The number of nitrogens with zero attached hydrogens (tertiary/aromatic N) is 5. The Morgan fingerprint density at radius 2 is 1.97 bits per heavy atom. The van der Waals surface area contributed by atoms with Crippen LogP contribution in [-0.4, -0.2) is 24.5 Å². The molecule has 2 aromatic carbocycles. The first-order valence-electron chi connectivity index (χ1n) is 10.2. The van der Waals surface area contributed by atoms with E-state index < -0.39 is 4.92 Å². The largest absolute Gasteiger partial charge is 0.293 e. The lowest BCUT2D eigenvalue weighted by atomic mass is 10.1. The molecule has 1 saturated carbocycles. The van der Waals surface area contributed by atoms with Crippen LogP contribution in [-0.2, 0) is 6.54 Å². The summed E-state index contributed by atoms with van der Waals surface area (Å²) in [6, 6.07) is 12.3. The summed E-state index contributed by atoms with van der Waals surface area (Å²) in [6.45, 7) is 4.19. The second-order valence-electron chi connectivity index (χ2n) is 8.16. The van der Waals surface area contributed by atoms with E-state index >= 15 is 0 Å². The molecule has 156 valence electrons. The molecule has 0 saturated heterocycles. The number of fused-ring (bicyclic) bond motifs is 1. The summed E-state index contributed by atoms with van der Waals surface area (Å²) in [4.78, 5) is 24.2. The van der Waals surface area contributed by atoms with Crippen molar-refractivity contribution >= 4 is 16.6 Å². The third-order valence-corrected chi connectivity index (χ3v) is 5.71. The van der Waals surface area contributed by atoms with Gasteiger partial charge in [-0.15, -0.1) is 0 Å². The molecule has 0 N–H and O–H groups in total. The summed E-state index contributed by atoms with van der Waals surface area (Å²) >= 11 is 0. The number of nitro benzene ring substituents is 1. The van der Waals surface area contributed by atoms with Gasteiger partial charge in [0.2, 0.25) is 0 Å². The molecule has 8 nitrogen and oxygen atoms in total. The van der Waals surface area contributed by atoms with Crippen molar-refractivity contribution in [3.63, 3.8) is 0 Å². The predicted molar refractivity (Wildman–Crippen MR) is 117 cm³/mol. The van der Waals surface area contributed by atoms with E-state index in [1.54, 1.807) is 23.0 Å². The monoisotopic (exact) mass is 415 g/mol. The van der Waals surface area contributed by atoms with Gasteiger partial charge in [-0.2, -0.15) is 10.2 Å². The molecule has 1 aliphatic carbocycles. The minimum atomic E-state index is -0.437. The van der Waals surface area contributed by atoms with Gasteiger partial charge in [0.1, 0.15) is 5.52 Å². The molecule has 0 radical (unpaired) electrons. The van der Waals surface area contributed by atoms with Crippen molar-refractivity contribution in [1.29, 1.82) is 0 Å². The standard InChI is InChI=1S/C23H21N5O3/c1-14-6-9-20(15(2)10-14)27-22-19(12-24-27)21(17-7-8-17)25-26(23(22)29)13-16-4-3-5-18(11-16)28(30)31/h3-6,9-12,17H,7-8,13H2,1-2H3. The van der Waals surface area contributed by atoms with E-state index in [1.807, 2.05) is 26.0 Å². The molecule has 0 atom stereocenters. The van der Waals surface area contributed by atoms with E-state index in [4.69, 9.17) is 0 Å². The summed E-state index contributed by atoms with van der Waals surface area (Å²) < 4.78 is 3.11. The van der Waals surface area contributed by atoms with E-state index in [0.717, 1.165) is 40.7 Å². The smallest absolute Gasteiger partial charge is 0.265 e. The topological polar surface area (TPSA) is 95.8 Å². The van der Waals surface area contributed by atoms with Gasteiger partial charge in [-0.1, -0.05) is 29.8 Å². The molecule has 0 amide bonds. The first-order valence-corrected chi connectivity index (χ1v) is 10.2. The molecule has 31 heavy (non-hydrogen) atoms. The SMILES string of the molecule is Cc1ccc(-n2ncc3c(C4CC4)nn(Cc4cccc([N+](=O)[O-])c4)c(=O)c32)c(C)c1. The predicted octanol–water partition coefficient (Wildman–Crippen LogP) is 4.03. The second-order valence-corrected chi connectivity index (χ2v) is 8.16. The second kappa shape index (κ2) is 7.16. The molecule has 2 heterocycles. The third-order valence-electron chi connectivity index (χ3n) is 5.71. The number of non-ortho nitro benzene ring substituents is 1. The molecule has 2 aromatic heterocycles. The van der Waals surface area contributed by atoms with Gasteiger partial charge in [0.15, 0.2) is 0 Å². The van der Waals surface area contributed by atoms with E-state index in [0.29, 0.717) is 17.0 Å². The highest BCUT2D eigenvalue weighted by atomic mass is 16.6. The Balaban J connectivity index is 1.69. The Kier molecular flexibility index (Phi) is 4.43. The molecule has 0 spiro atoms. The molecule has 1 aliphatic rings. The van der Waals surface area contributed by atoms with Crippen LogP contribution in [0.2, 0.25) is 0 Å². The van der Waals surface area contributed by atoms with Crippen LogP contribution < -0.4 is 5.56 Å². The Morgan fingerprint density at radius 1 is 1.16 bits per heavy atom. The van der Waals surface area contributed by atoms with Crippen molar-refractivity contribution < 1.29 is 4.92 Å². The van der Waals surface area contributed by atoms with Crippen LogP contribution in [0.5, 0.6) is 0 Å². The maximum Gasteiger partial charge on any atom is 0.293 e. The van der Waals surface area contributed by atoms with Crippen LogP contribution >= 0.6 is 0 Å². The molecule has 0 unspecified atom stereocenters. The first-order chi connectivity index (χ1) is 14.9. The van der Waals surface area contributed by atoms with Crippen LogP contribution in [0.15, 0.2) is 53.5 Å². The van der Waals surface area contributed by atoms with Crippen molar-refractivity contribution in [2.24, 2.45) is 0 Å². The van der Waals surface area contributed by atoms with Crippen LogP contribution in [0.25, 0.3) is 16.6 Å². The Morgan fingerprint density at radius 3 is 2.68 bits per heavy atom. The number of rotatable bonds is 5. The van der Waals surface area contributed by atoms with Gasteiger partial charge in [0.05, 0.1) is 29.0 Å². The number of benzene rings is 2. The fraction of sp³-hybridized carbons (Fsp3) is 0.261. The highest BCUT2D eigenvalue weighted by Crippen LogP contribution is 2.41. The number of hydrogen-bond donors (Lipinski definition) is 0. The van der Waals surface area contributed by atoms with Gasteiger partial charge < -0.3 is 0 Å². The molecular formula is C23H21N5O3. The molecule has 0 aliphatic heterocycles. The average Bonchev–Trinajstić information content (AvgIpc) is 3.49. The van der Waals surface area contributed by atoms with Crippen molar-refractivity contribution in [2.75, 3.05) is 0 Å². The Hall–Kier alpha value is -3.81. The van der Waals surface area contributed by atoms with Crippen LogP contribution in [0, 0.1) is 24.0 Å². The van der Waals surface area contributed by atoms with Gasteiger partial charge in [0.25, 0.3) is 11.2 Å². The lowest BCUT2D eigenvalue weighted by molar-refractivity contribution is -0.384. The quantitative estimate of drug-likeness (QED) is 0.362. The zero-order chi connectivity index (χ0) is 21.7. The maximum absolute atomic E-state index is 13.5. The normalized spacial score (nSPS) is 13.6. The van der Waals surface area contributed by atoms with Crippen LogP contribution in [0.4, 0.5) is 5.69 Å². The highest BCUT2D eigenvalue weighted by molar-refractivity contribution is 5.82. The molecule has 4 aromatic rings. The summed E-state index contributed by atoms with van der Waals surface area (Å²) in [7, 11) is 0. The minimum absolute atomic E-state index is 0.00522. The van der Waals surface area contributed by atoms with E-state index in [-0.39, 0.29) is 17.8 Å². The summed E-state index contributed by atoms with van der Waals surface area (Å²) in [6.07, 6.45) is 3.80. The fourth-order valence-electron chi connectivity index (χ4n) is 4.03. The molecule has 0 bridgehead atoms. The zero-order valence-corrected chi connectivity index (χ0v) is 17.3. The fourth-order valence-corrected chi connectivity index (χ4v) is 4.03. The minimum Gasteiger partial charge on any atom is -0.265 e. The Labute approximate surface area is 177 Å². The summed E-state index contributed by atoms with van der Waals surface area (Å²) in [5.41, 5.74) is 4.78. The van der Waals surface area contributed by atoms with E-state index in [1.165, 1.54) is 16.8 Å². The first kappa shape index (κ1) is 19.2. The van der Waals surface area contributed by atoms with Gasteiger partial charge >= 0.3 is 0 Å². The van der Waals surface area contributed by atoms with Gasteiger partial charge in [-0.3, -0.25) is 14.9 Å². The number of hydrogen-bond acceptors (Lipinski definition) is 5. The van der Waals surface area contributed by atoms with Crippen molar-refractivity contribution in [1.82, 2.24) is 19.6 Å². The molecule has 8 heteroatoms. The summed E-state index contributed by atoms with van der Waals surface area (Å²) in [5, 5.41) is 21.1. The maximum atomic E-state index is 13.5. The highest BCUT2D eigenvalue weighted by Gasteiger charge is 2.30. The van der Waals surface area contributed by atoms with Crippen molar-refractivity contribution in [3.8, 4) is 5.69 Å². The van der Waals surface area contributed by atoms with Crippen molar-refractivity contribution in [3.05, 3.63) is 91.5 Å². The van der Waals surface area contributed by atoms with Crippen LogP contribution in [0.1, 0.15) is 41.1 Å².